The Morgan fingerprint density at radius 3 is 2.58 bits per heavy atom. The Morgan fingerprint density at radius 1 is 1.37 bits per heavy atom. The van der Waals surface area contributed by atoms with Crippen LogP contribution in [0.4, 0.5) is 5.69 Å². The molecule has 0 aromatic heterocycles. The first kappa shape index (κ1) is 14.2. The molecule has 1 fully saturated rings. The number of ether oxygens (including phenoxy) is 1. The number of hydrogen-bond donors (Lipinski definition) is 0. The van der Waals surface area contributed by atoms with Crippen molar-refractivity contribution in [2.75, 3.05) is 26.3 Å². The van der Waals surface area contributed by atoms with Gasteiger partial charge < -0.3 is 9.64 Å². The number of hydrogen-bond acceptors (Lipinski definition) is 5. The topological polar surface area (TPSA) is 55.6 Å². The van der Waals surface area contributed by atoms with Crippen molar-refractivity contribution in [3.8, 4) is 0 Å². The maximum Gasteiger partial charge on any atom is 0.269 e. The van der Waals surface area contributed by atoms with E-state index in [9.17, 15) is 10.1 Å². The second-order valence-electron chi connectivity index (χ2n) is 4.08. The molecule has 0 radical (unpaired) electrons. The summed E-state index contributed by atoms with van der Waals surface area (Å²) in [7, 11) is 0. The minimum atomic E-state index is -0.394. The molecule has 0 unspecified atom stereocenters. The Labute approximate surface area is 121 Å². The number of benzene rings is 1. The monoisotopic (exact) mass is 298 g/mol. The third-order valence-electron chi connectivity index (χ3n) is 2.78. The number of rotatable bonds is 3. The van der Waals surface area contributed by atoms with Gasteiger partial charge in [0.25, 0.3) is 5.69 Å². The molecular formula is C12H14N2O3S2. The zero-order valence-corrected chi connectivity index (χ0v) is 11.9. The van der Waals surface area contributed by atoms with Crippen LogP contribution in [0.2, 0.25) is 0 Å². The average Bonchev–Trinajstić information content (AvgIpc) is 2.46. The third-order valence-corrected chi connectivity index (χ3v) is 4.37. The summed E-state index contributed by atoms with van der Waals surface area (Å²) < 4.78 is 6.14. The van der Waals surface area contributed by atoms with Gasteiger partial charge in [0.15, 0.2) is 0 Å². The second kappa shape index (κ2) is 6.83. The molecule has 1 saturated heterocycles. The van der Waals surface area contributed by atoms with Crippen LogP contribution in [0.1, 0.15) is 5.56 Å². The lowest BCUT2D eigenvalue weighted by Gasteiger charge is -2.28. The van der Waals surface area contributed by atoms with Gasteiger partial charge in [-0.2, -0.15) is 0 Å². The van der Waals surface area contributed by atoms with Crippen molar-refractivity contribution in [2.45, 2.75) is 5.75 Å². The summed E-state index contributed by atoms with van der Waals surface area (Å²) in [5.41, 5.74) is 1.15. The van der Waals surface area contributed by atoms with Crippen molar-refractivity contribution >= 4 is 34.0 Å². The number of non-ortho nitro benzene ring substituents is 1. The smallest absolute Gasteiger partial charge is 0.269 e. The second-order valence-corrected chi connectivity index (χ2v) is 5.69. The van der Waals surface area contributed by atoms with E-state index in [4.69, 9.17) is 17.0 Å². The fraction of sp³-hybridized carbons (Fsp3) is 0.417. The summed E-state index contributed by atoms with van der Waals surface area (Å²) in [6.45, 7) is 3.12. The summed E-state index contributed by atoms with van der Waals surface area (Å²) in [5, 5.41) is 10.5. The normalized spacial score (nSPS) is 15.3. The van der Waals surface area contributed by atoms with E-state index >= 15 is 0 Å². The molecule has 5 nitrogen and oxygen atoms in total. The summed E-state index contributed by atoms with van der Waals surface area (Å²) >= 11 is 6.95. The largest absolute Gasteiger partial charge is 0.378 e. The van der Waals surface area contributed by atoms with Crippen LogP contribution >= 0.6 is 24.0 Å². The van der Waals surface area contributed by atoms with E-state index in [1.54, 1.807) is 23.9 Å². The molecule has 1 heterocycles. The van der Waals surface area contributed by atoms with Crippen molar-refractivity contribution in [3.05, 3.63) is 39.9 Å². The minimum Gasteiger partial charge on any atom is -0.378 e. The highest BCUT2D eigenvalue weighted by molar-refractivity contribution is 8.22. The van der Waals surface area contributed by atoms with Crippen LogP contribution in [0.3, 0.4) is 0 Å². The average molecular weight is 298 g/mol. The van der Waals surface area contributed by atoms with Crippen LogP contribution in [0.5, 0.6) is 0 Å². The highest BCUT2D eigenvalue weighted by Gasteiger charge is 2.14. The minimum absolute atomic E-state index is 0.115. The maximum atomic E-state index is 10.5. The van der Waals surface area contributed by atoms with Crippen molar-refractivity contribution in [1.82, 2.24) is 4.90 Å². The zero-order chi connectivity index (χ0) is 13.7. The lowest BCUT2D eigenvalue weighted by atomic mass is 10.2. The van der Waals surface area contributed by atoms with Crippen molar-refractivity contribution < 1.29 is 9.66 Å². The van der Waals surface area contributed by atoms with Gasteiger partial charge in [-0.1, -0.05) is 36.1 Å². The molecule has 1 aliphatic heterocycles. The number of thiocarbonyl (C=S) groups is 1. The lowest BCUT2D eigenvalue weighted by molar-refractivity contribution is -0.384. The standard InChI is InChI=1S/C12H14N2O3S2/c15-14(16)11-3-1-10(2-4-11)9-19-12(18)13-5-7-17-8-6-13/h1-4H,5-9H2. The van der Waals surface area contributed by atoms with E-state index in [1.807, 2.05) is 0 Å². The van der Waals surface area contributed by atoms with E-state index in [0.717, 1.165) is 41.9 Å². The SMILES string of the molecule is O=[N+]([O-])c1ccc(CSC(=S)N2CCOCC2)cc1. The molecule has 1 aliphatic rings. The van der Waals surface area contributed by atoms with Gasteiger partial charge in [-0.25, -0.2) is 0 Å². The van der Waals surface area contributed by atoms with Gasteiger partial charge in [0.05, 0.1) is 18.1 Å². The molecule has 1 aromatic carbocycles. The molecule has 0 spiro atoms. The number of nitro benzene ring substituents is 1. The number of nitro groups is 1. The Hall–Kier alpha value is -1.18. The summed E-state index contributed by atoms with van der Waals surface area (Å²) in [6, 6.07) is 6.58. The number of morpholine rings is 1. The first-order valence-corrected chi connectivity index (χ1v) is 7.29. The van der Waals surface area contributed by atoms with E-state index < -0.39 is 4.92 Å². The first-order valence-electron chi connectivity index (χ1n) is 5.89. The molecule has 0 N–H and O–H groups in total. The maximum absolute atomic E-state index is 10.5. The molecule has 0 amide bonds. The zero-order valence-electron chi connectivity index (χ0n) is 10.3. The highest BCUT2D eigenvalue weighted by Crippen LogP contribution is 2.19. The molecule has 0 aliphatic carbocycles. The van der Waals surface area contributed by atoms with Crippen molar-refractivity contribution in [2.24, 2.45) is 0 Å². The number of nitrogens with zero attached hydrogens (tertiary/aromatic N) is 2. The Balaban J connectivity index is 1.84. The first-order chi connectivity index (χ1) is 9.16. The van der Waals surface area contributed by atoms with Crippen molar-refractivity contribution in [1.29, 1.82) is 0 Å². The van der Waals surface area contributed by atoms with Gasteiger partial charge >= 0.3 is 0 Å². The Kier molecular flexibility index (Phi) is 5.12. The summed E-state index contributed by atoms with van der Waals surface area (Å²) in [5.74, 6) is 0.730. The van der Waals surface area contributed by atoms with Crippen LogP contribution in [0.15, 0.2) is 24.3 Å². The molecule has 19 heavy (non-hydrogen) atoms. The van der Waals surface area contributed by atoms with Crippen LogP contribution in [-0.2, 0) is 10.5 Å². The fourth-order valence-corrected chi connectivity index (χ4v) is 2.90. The molecule has 0 bridgehead atoms. The van der Waals surface area contributed by atoms with Crippen LogP contribution < -0.4 is 0 Å². The van der Waals surface area contributed by atoms with E-state index in [1.165, 1.54) is 12.1 Å². The number of thioether (sulfide) groups is 1. The summed E-state index contributed by atoms with van der Waals surface area (Å²) in [4.78, 5) is 12.3. The van der Waals surface area contributed by atoms with Crippen LogP contribution in [0, 0.1) is 10.1 Å². The predicted molar refractivity (Wildman–Crippen MR) is 79.4 cm³/mol. The van der Waals surface area contributed by atoms with E-state index in [-0.39, 0.29) is 5.69 Å². The van der Waals surface area contributed by atoms with Crippen LogP contribution in [-0.4, -0.2) is 40.4 Å². The van der Waals surface area contributed by atoms with Gasteiger partial charge in [-0.05, 0) is 5.56 Å². The van der Waals surface area contributed by atoms with Gasteiger partial charge in [0.1, 0.15) is 4.32 Å². The highest BCUT2D eigenvalue weighted by atomic mass is 32.2. The molecular weight excluding hydrogens is 284 g/mol. The molecule has 1 aromatic rings. The molecule has 7 heteroatoms. The van der Waals surface area contributed by atoms with Gasteiger partial charge in [0, 0.05) is 31.0 Å². The van der Waals surface area contributed by atoms with E-state index in [0.29, 0.717) is 0 Å². The molecule has 0 atom stereocenters. The van der Waals surface area contributed by atoms with E-state index in [2.05, 4.69) is 4.90 Å². The fourth-order valence-electron chi connectivity index (χ4n) is 1.70. The van der Waals surface area contributed by atoms with Crippen molar-refractivity contribution in [3.63, 3.8) is 0 Å². The summed E-state index contributed by atoms with van der Waals surface area (Å²) in [6.07, 6.45) is 0. The molecule has 0 saturated carbocycles. The predicted octanol–water partition coefficient (Wildman–Crippen LogP) is 2.45. The third kappa shape index (κ3) is 4.15. The van der Waals surface area contributed by atoms with Crippen LogP contribution in [0.25, 0.3) is 0 Å². The molecule has 2 rings (SSSR count). The quantitative estimate of drug-likeness (QED) is 0.485. The molecule has 102 valence electrons. The van der Waals surface area contributed by atoms with Gasteiger partial charge in [-0.15, -0.1) is 0 Å². The Morgan fingerprint density at radius 2 is 2.00 bits per heavy atom. The lowest BCUT2D eigenvalue weighted by Crippen LogP contribution is -2.38. The van der Waals surface area contributed by atoms with Gasteiger partial charge in [-0.3, -0.25) is 10.1 Å². The Bertz CT molecular complexity index is 459. The van der Waals surface area contributed by atoms with Gasteiger partial charge in [0.2, 0.25) is 0 Å².